The lowest BCUT2D eigenvalue weighted by molar-refractivity contribution is -0.167. The van der Waals surface area contributed by atoms with Gasteiger partial charge in [-0.1, -0.05) is 5.16 Å². The van der Waals surface area contributed by atoms with Crippen molar-refractivity contribution in [3.8, 4) is 0 Å². The van der Waals surface area contributed by atoms with E-state index in [1.807, 2.05) is 0 Å². The summed E-state index contributed by atoms with van der Waals surface area (Å²) in [5.41, 5.74) is 0.236. The maximum absolute atomic E-state index is 12.2. The largest absolute Gasteiger partial charge is 0.385 e. The molecule has 21 heavy (non-hydrogen) atoms. The van der Waals surface area contributed by atoms with E-state index in [4.69, 9.17) is 14.0 Å². The van der Waals surface area contributed by atoms with Gasteiger partial charge in [-0.15, -0.1) is 0 Å². The SMILES string of the molecule is COCCC1CCOC2(C1)CN(C(=O)c1cc(C)on1)C2. The number of aryl methyl sites for hydroxylation is 1. The fraction of sp³-hybridized carbons (Fsp3) is 0.733. The smallest absolute Gasteiger partial charge is 0.276 e. The Morgan fingerprint density at radius 2 is 2.38 bits per heavy atom. The highest BCUT2D eigenvalue weighted by atomic mass is 16.5. The summed E-state index contributed by atoms with van der Waals surface area (Å²) in [4.78, 5) is 14.0. The molecule has 2 aliphatic rings. The summed E-state index contributed by atoms with van der Waals surface area (Å²) in [7, 11) is 1.73. The zero-order chi connectivity index (χ0) is 14.9. The molecule has 1 unspecified atom stereocenters. The number of carbonyl (C=O) groups is 1. The van der Waals surface area contributed by atoms with Gasteiger partial charge in [-0.05, 0) is 32.1 Å². The molecule has 2 fully saturated rings. The molecule has 0 saturated carbocycles. The van der Waals surface area contributed by atoms with Gasteiger partial charge in [-0.25, -0.2) is 0 Å². The molecular formula is C15H22N2O4. The zero-order valence-electron chi connectivity index (χ0n) is 12.6. The van der Waals surface area contributed by atoms with Crippen molar-refractivity contribution in [2.24, 2.45) is 5.92 Å². The van der Waals surface area contributed by atoms with Gasteiger partial charge < -0.3 is 18.9 Å². The second-order valence-electron chi connectivity index (χ2n) is 6.16. The Kier molecular flexibility index (Phi) is 3.99. The van der Waals surface area contributed by atoms with Gasteiger partial charge in [0.2, 0.25) is 0 Å². The topological polar surface area (TPSA) is 64.8 Å². The number of ether oxygens (including phenoxy) is 2. The van der Waals surface area contributed by atoms with E-state index >= 15 is 0 Å². The number of rotatable bonds is 4. The molecule has 116 valence electrons. The van der Waals surface area contributed by atoms with Crippen LogP contribution in [0.25, 0.3) is 0 Å². The lowest BCUT2D eigenvalue weighted by Crippen LogP contribution is -2.66. The maximum atomic E-state index is 12.2. The Bertz CT molecular complexity index is 508. The van der Waals surface area contributed by atoms with E-state index in [0.29, 0.717) is 30.5 Å². The minimum Gasteiger partial charge on any atom is -0.385 e. The van der Waals surface area contributed by atoms with Crippen LogP contribution in [0.4, 0.5) is 0 Å². The highest BCUT2D eigenvalue weighted by molar-refractivity contribution is 5.93. The van der Waals surface area contributed by atoms with Gasteiger partial charge in [0.1, 0.15) is 11.4 Å². The number of aromatic nitrogens is 1. The monoisotopic (exact) mass is 294 g/mol. The van der Waals surface area contributed by atoms with Crippen molar-refractivity contribution in [1.29, 1.82) is 0 Å². The van der Waals surface area contributed by atoms with Crippen LogP contribution >= 0.6 is 0 Å². The molecule has 1 amide bonds. The van der Waals surface area contributed by atoms with Gasteiger partial charge in [-0.2, -0.15) is 0 Å². The lowest BCUT2D eigenvalue weighted by atomic mass is 9.79. The third kappa shape index (κ3) is 2.96. The molecule has 2 saturated heterocycles. The van der Waals surface area contributed by atoms with Crippen molar-refractivity contribution < 1.29 is 18.8 Å². The number of amides is 1. The van der Waals surface area contributed by atoms with E-state index in [-0.39, 0.29) is 11.5 Å². The van der Waals surface area contributed by atoms with Crippen LogP contribution in [0.3, 0.4) is 0 Å². The van der Waals surface area contributed by atoms with Gasteiger partial charge in [-0.3, -0.25) is 4.79 Å². The van der Waals surface area contributed by atoms with Crippen LogP contribution in [0.1, 0.15) is 35.5 Å². The van der Waals surface area contributed by atoms with E-state index in [9.17, 15) is 4.79 Å². The van der Waals surface area contributed by atoms with Gasteiger partial charge in [0, 0.05) is 26.4 Å². The van der Waals surface area contributed by atoms with E-state index in [1.165, 1.54) is 0 Å². The summed E-state index contributed by atoms with van der Waals surface area (Å²) in [5.74, 6) is 1.22. The number of methoxy groups -OCH3 is 1. The second kappa shape index (κ2) is 5.77. The number of nitrogens with zero attached hydrogens (tertiary/aromatic N) is 2. The summed E-state index contributed by atoms with van der Waals surface area (Å²) in [6.07, 6.45) is 3.16. The van der Waals surface area contributed by atoms with Gasteiger partial charge >= 0.3 is 0 Å². The third-order valence-electron chi connectivity index (χ3n) is 4.42. The highest BCUT2D eigenvalue weighted by Crippen LogP contribution is 2.38. The molecule has 3 rings (SSSR count). The van der Waals surface area contributed by atoms with Crippen LogP contribution in [-0.4, -0.2) is 55.0 Å². The number of likely N-dealkylation sites (tertiary alicyclic amines) is 1. The van der Waals surface area contributed by atoms with Crippen molar-refractivity contribution in [3.63, 3.8) is 0 Å². The van der Waals surface area contributed by atoms with Crippen LogP contribution in [0.15, 0.2) is 10.6 Å². The first-order chi connectivity index (χ1) is 10.1. The van der Waals surface area contributed by atoms with Crippen molar-refractivity contribution in [2.75, 3.05) is 33.4 Å². The van der Waals surface area contributed by atoms with Crippen LogP contribution in [0, 0.1) is 12.8 Å². The predicted octanol–water partition coefficient (Wildman–Crippen LogP) is 1.64. The Morgan fingerprint density at radius 3 is 3.05 bits per heavy atom. The van der Waals surface area contributed by atoms with Crippen molar-refractivity contribution >= 4 is 5.91 Å². The Hall–Kier alpha value is -1.40. The molecule has 0 N–H and O–H groups in total. The summed E-state index contributed by atoms with van der Waals surface area (Å²) < 4.78 is 16.1. The summed E-state index contributed by atoms with van der Waals surface area (Å²) in [6, 6.07) is 1.68. The number of hydrogen-bond acceptors (Lipinski definition) is 5. The van der Waals surface area contributed by atoms with Gasteiger partial charge in [0.15, 0.2) is 5.69 Å². The number of carbonyl (C=O) groups excluding carboxylic acids is 1. The molecule has 2 aliphatic heterocycles. The molecule has 1 atom stereocenters. The molecule has 1 aromatic heterocycles. The first kappa shape index (κ1) is 14.5. The fourth-order valence-electron chi connectivity index (χ4n) is 3.30. The third-order valence-corrected chi connectivity index (χ3v) is 4.42. The van der Waals surface area contributed by atoms with Crippen LogP contribution in [0.5, 0.6) is 0 Å². The maximum Gasteiger partial charge on any atom is 0.276 e. The average molecular weight is 294 g/mol. The van der Waals surface area contributed by atoms with Crippen molar-refractivity contribution in [3.05, 3.63) is 17.5 Å². The highest BCUT2D eigenvalue weighted by Gasteiger charge is 2.49. The normalized spacial score (nSPS) is 24.1. The van der Waals surface area contributed by atoms with Crippen molar-refractivity contribution in [1.82, 2.24) is 10.1 Å². The van der Waals surface area contributed by atoms with Crippen LogP contribution in [-0.2, 0) is 9.47 Å². The quantitative estimate of drug-likeness (QED) is 0.844. The van der Waals surface area contributed by atoms with Crippen LogP contribution in [0.2, 0.25) is 0 Å². The second-order valence-corrected chi connectivity index (χ2v) is 6.16. The van der Waals surface area contributed by atoms with E-state index < -0.39 is 0 Å². The molecule has 0 radical (unpaired) electrons. The zero-order valence-corrected chi connectivity index (χ0v) is 12.6. The first-order valence-electron chi connectivity index (χ1n) is 7.47. The summed E-state index contributed by atoms with van der Waals surface area (Å²) in [5, 5.41) is 3.78. The molecule has 0 aliphatic carbocycles. The fourth-order valence-corrected chi connectivity index (χ4v) is 3.30. The van der Waals surface area contributed by atoms with E-state index in [0.717, 1.165) is 32.5 Å². The summed E-state index contributed by atoms with van der Waals surface area (Å²) in [6.45, 7) is 4.66. The molecule has 1 spiro atoms. The lowest BCUT2D eigenvalue weighted by Gasteiger charge is -2.53. The molecular weight excluding hydrogens is 272 g/mol. The predicted molar refractivity (Wildman–Crippen MR) is 75.0 cm³/mol. The average Bonchev–Trinajstić information content (AvgIpc) is 2.88. The molecule has 0 bridgehead atoms. The molecule has 6 heteroatoms. The van der Waals surface area contributed by atoms with Gasteiger partial charge in [0.05, 0.1) is 13.1 Å². The standard InChI is InChI=1S/C15H22N2O4/c1-11-7-13(16-21-11)14(18)17-9-15(10-17)8-12(3-5-19-2)4-6-20-15/h7,12H,3-6,8-10H2,1-2H3. The Morgan fingerprint density at radius 1 is 1.57 bits per heavy atom. The Balaban J connectivity index is 1.55. The van der Waals surface area contributed by atoms with E-state index in [1.54, 1.807) is 25.0 Å². The molecule has 3 heterocycles. The van der Waals surface area contributed by atoms with E-state index in [2.05, 4.69) is 5.16 Å². The van der Waals surface area contributed by atoms with Crippen LogP contribution < -0.4 is 0 Å². The molecule has 6 nitrogen and oxygen atoms in total. The first-order valence-corrected chi connectivity index (χ1v) is 7.47. The van der Waals surface area contributed by atoms with Crippen molar-refractivity contribution in [2.45, 2.75) is 31.8 Å². The van der Waals surface area contributed by atoms with Gasteiger partial charge in [0.25, 0.3) is 5.91 Å². The minimum atomic E-state index is -0.148. The Labute approximate surface area is 124 Å². The minimum absolute atomic E-state index is 0.0694. The molecule has 0 aromatic carbocycles. The summed E-state index contributed by atoms with van der Waals surface area (Å²) >= 11 is 0. The molecule has 1 aromatic rings. The number of hydrogen-bond donors (Lipinski definition) is 0.